The molecule has 0 spiro atoms. The minimum atomic E-state index is -0.115. The molecule has 0 saturated heterocycles. The summed E-state index contributed by atoms with van der Waals surface area (Å²) in [6, 6.07) is 3.18. The third-order valence-electron chi connectivity index (χ3n) is 2.52. The second-order valence-electron chi connectivity index (χ2n) is 3.69. The molecule has 0 aliphatic heterocycles. The Morgan fingerprint density at radius 2 is 2.21 bits per heavy atom. The monoisotopic (exact) mass is 192 g/mol. The van der Waals surface area contributed by atoms with Crippen molar-refractivity contribution in [3.63, 3.8) is 0 Å². The predicted molar refractivity (Wildman–Crippen MR) is 51.1 cm³/mol. The maximum absolute atomic E-state index is 11.5. The van der Waals surface area contributed by atoms with E-state index >= 15 is 0 Å². The van der Waals surface area contributed by atoms with Gasteiger partial charge in [-0.2, -0.15) is 5.10 Å². The van der Waals surface area contributed by atoms with Crippen LogP contribution < -0.4 is 5.56 Å². The van der Waals surface area contributed by atoms with Gasteiger partial charge in [-0.05, 0) is 19.4 Å². The molecule has 0 amide bonds. The van der Waals surface area contributed by atoms with Crippen molar-refractivity contribution in [1.29, 1.82) is 0 Å². The van der Waals surface area contributed by atoms with Crippen LogP contribution in [0, 0.1) is 6.92 Å². The van der Waals surface area contributed by atoms with E-state index in [-0.39, 0.29) is 17.4 Å². The third-order valence-corrected chi connectivity index (χ3v) is 2.52. The van der Waals surface area contributed by atoms with Crippen molar-refractivity contribution >= 4 is 5.78 Å². The zero-order chi connectivity index (χ0) is 10.1. The van der Waals surface area contributed by atoms with Gasteiger partial charge >= 0.3 is 0 Å². The van der Waals surface area contributed by atoms with Gasteiger partial charge < -0.3 is 0 Å². The van der Waals surface area contributed by atoms with Gasteiger partial charge in [-0.15, -0.1) is 0 Å². The lowest BCUT2D eigenvalue weighted by atomic mass is 10.2. The summed E-state index contributed by atoms with van der Waals surface area (Å²) in [5, 5.41) is 4.14. The highest BCUT2D eigenvalue weighted by Crippen LogP contribution is 2.24. The third kappa shape index (κ3) is 1.60. The van der Waals surface area contributed by atoms with E-state index in [4.69, 9.17) is 0 Å². The number of rotatable bonds is 1. The van der Waals surface area contributed by atoms with E-state index in [0.717, 1.165) is 12.1 Å². The van der Waals surface area contributed by atoms with Gasteiger partial charge in [0.05, 0.1) is 11.7 Å². The number of ketones is 1. The summed E-state index contributed by atoms with van der Waals surface area (Å²) in [6.07, 6.45) is 1.78. The number of hydrogen-bond acceptors (Lipinski definition) is 3. The predicted octanol–water partition coefficient (Wildman–Crippen LogP) is 0.846. The molecule has 1 aromatic heterocycles. The standard InChI is InChI=1S/C10H12N2O2/c1-7-2-5-10(14)12(11-7)8-3-4-9(13)6-8/h2,5,8H,3-4,6H2,1H3. The minimum absolute atomic E-state index is 0.0186. The minimum Gasteiger partial charge on any atom is -0.300 e. The molecule has 14 heavy (non-hydrogen) atoms. The molecule has 0 N–H and O–H groups in total. The molecule has 1 unspecified atom stereocenters. The van der Waals surface area contributed by atoms with Crippen molar-refractivity contribution in [3.05, 3.63) is 28.2 Å². The van der Waals surface area contributed by atoms with Crippen LogP contribution in [0.15, 0.2) is 16.9 Å². The fraction of sp³-hybridized carbons (Fsp3) is 0.500. The van der Waals surface area contributed by atoms with Crippen LogP contribution in [0.2, 0.25) is 0 Å². The molecule has 1 saturated carbocycles. The van der Waals surface area contributed by atoms with Crippen molar-refractivity contribution in [2.24, 2.45) is 0 Å². The summed E-state index contributed by atoms with van der Waals surface area (Å²) in [7, 11) is 0. The quantitative estimate of drug-likeness (QED) is 0.662. The van der Waals surface area contributed by atoms with E-state index in [2.05, 4.69) is 5.10 Å². The van der Waals surface area contributed by atoms with Gasteiger partial charge in [0.1, 0.15) is 5.78 Å². The highest BCUT2D eigenvalue weighted by atomic mass is 16.1. The highest BCUT2D eigenvalue weighted by Gasteiger charge is 2.24. The molecule has 4 heteroatoms. The van der Waals surface area contributed by atoms with Gasteiger partial charge in [0, 0.05) is 18.9 Å². The first kappa shape index (κ1) is 9.12. The van der Waals surface area contributed by atoms with Crippen LogP contribution in [-0.2, 0) is 4.79 Å². The topological polar surface area (TPSA) is 52.0 Å². The van der Waals surface area contributed by atoms with E-state index in [1.54, 1.807) is 6.07 Å². The Morgan fingerprint density at radius 1 is 1.43 bits per heavy atom. The summed E-state index contributed by atoms with van der Waals surface area (Å²) in [5.74, 6) is 0.227. The second kappa shape index (κ2) is 3.36. The molecule has 1 aromatic rings. The van der Waals surface area contributed by atoms with Crippen molar-refractivity contribution in [2.75, 3.05) is 0 Å². The number of nitrogens with zero attached hydrogens (tertiary/aromatic N) is 2. The first-order valence-electron chi connectivity index (χ1n) is 4.75. The number of hydrogen-bond donors (Lipinski definition) is 0. The first-order valence-corrected chi connectivity index (χ1v) is 4.75. The van der Waals surface area contributed by atoms with Gasteiger partial charge in [0.15, 0.2) is 0 Å². The fourth-order valence-electron chi connectivity index (χ4n) is 1.79. The number of carbonyl (C=O) groups excluding carboxylic acids is 1. The summed E-state index contributed by atoms with van der Waals surface area (Å²) in [6.45, 7) is 1.84. The van der Waals surface area contributed by atoms with Gasteiger partial charge in [-0.1, -0.05) is 0 Å². The molecule has 4 nitrogen and oxygen atoms in total. The van der Waals surface area contributed by atoms with Crippen LogP contribution in [0.3, 0.4) is 0 Å². The lowest BCUT2D eigenvalue weighted by molar-refractivity contribution is -0.117. The lowest BCUT2D eigenvalue weighted by Crippen LogP contribution is -2.25. The van der Waals surface area contributed by atoms with E-state index in [1.165, 1.54) is 10.7 Å². The van der Waals surface area contributed by atoms with E-state index in [0.29, 0.717) is 12.8 Å². The van der Waals surface area contributed by atoms with E-state index < -0.39 is 0 Å². The summed E-state index contributed by atoms with van der Waals surface area (Å²) < 4.78 is 1.44. The second-order valence-corrected chi connectivity index (χ2v) is 3.69. The van der Waals surface area contributed by atoms with Crippen molar-refractivity contribution in [2.45, 2.75) is 32.2 Å². The molecule has 1 aliphatic carbocycles. The molecule has 1 fully saturated rings. The number of aromatic nitrogens is 2. The van der Waals surface area contributed by atoms with Gasteiger partial charge in [-0.25, -0.2) is 4.68 Å². The van der Waals surface area contributed by atoms with Crippen LogP contribution in [-0.4, -0.2) is 15.6 Å². The normalized spacial score (nSPS) is 21.5. The number of Topliss-reactive ketones (excluding diaryl/α,β-unsaturated/α-hetero) is 1. The zero-order valence-electron chi connectivity index (χ0n) is 8.06. The average molecular weight is 192 g/mol. The van der Waals surface area contributed by atoms with Crippen LogP contribution in [0.25, 0.3) is 0 Å². The fourth-order valence-corrected chi connectivity index (χ4v) is 1.79. The van der Waals surface area contributed by atoms with E-state index in [9.17, 15) is 9.59 Å². The Balaban J connectivity index is 2.36. The largest absolute Gasteiger partial charge is 0.300 e. The lowest BCUT2D eigenvalue weighted by Gasteiger charge is -2.10. The zero-order valence-corrected chi connectivity index (χ0v) is 8.06. The van der Waals surface area contributed by atoms with Crippen LogP contribution in [0.1, 0.15) is 31.0 Å². The number of carbonyl (C=O) groups is 1. The SMILES string of the molecule is Cc1ccc(=O)n(C2CCC(=O)C2)n1. The molecular weight excluding hydrogens is 180 g/mol. The highest BCUT2D eigenvalue weighted by molar-refractivity contribution is 5.80. The number of aryl methyl sites for hydroxylation is 1. The van der Waals surface area contributed by atoms with E-state index in [1.807, 2.05) is 6.92 Å². The molecule has 2 rings (SSSR count). The molecule has 0 radical (unpaired) electrons. The molecule has 1 heterocycles. The Labute approximate surface area is 81.6 Å². The maximum atomic E-state index is 11.5. The summed E-state index contributed by atoms with van der Waals surface area (Å²) in [4.78, 5) is 22.5. The Morgan fingerprint density at radius 3 is 2.86 bits per heavy atom. The summed E-state index contributed by atoms with van der Waals surface area (Å²) >= 11 is 0. The molecule has 74 valence electrons. The van der Waals surface area contributed by atoms with Crippen LogP contribution in [0.5, 0.6) is 0 Å². The Bertz CT molecular complexity index is 422. The van der Waals surface area contributed by atoms with Gasteiger partial charge in [0.25, 0.3) is 5.56 Å². The van der Waals surface area contributed by atoms with Crippen LogP contribution in [0.4, 0.5) is 0 Å². The van der Waals surface area contributed by atoms with Crippen molar-refractivity contribution in [3.8, 4) is 0 Å². The Kier molecular flexibility index (Phi) is 2.19. The summed E-state index contributed by atoms with van der Waals surface area (Å²) in [5.41, 5.74) is 0.694. The van der Waals surface area contributed by atoms with Crippen LogP contribution >= 0.6 is 0 Å². The molecule has 0 bridgehead atoms. The smallest absolute Gasteiger partial charge is 0.267 e. The molecule has 1 aliphatic rings. The maximum Gasteiger partial charge on any atom is 0.267 e. The van der Waals surface area contributed by atoms with Crippen molar-refractivity contribution in [1.82, 2.24) is 9.78 Å². The Hall–Kier alpha value is -1.45. The molecular formula is C10H12N2O2. The van der Waals surface area contributed by atoms with Gasteiger partial charge in [-0.3, -0.25) is 9.59 Å². The molecule has 0 aromatic carbocycles. The van der Waals surface area contributed by atoms with Gasteiger partial charge in [0.2, 0.25) is 0 Å². The van der Waals surface area contributed by atoms with Crippen molar-refractivity contribution < 1.29 is 4.79 Å². The average Bonchev–Trinajstić information content (AvgIpc) is 2.56. The molecule has 1 atom stereocenters. The first-order chi connectivity index (χ1) is 6.66.